The summed E-state index contributed by atoms with van der Waals surface area (Å²) in [6.07, 6.45) is 3.40. The molecule has 1 N–H and O–H groups in total. The van der Waals surface area contributed by atoms with Gasteiger partial charge < -0.3 is 14.6 Å². The molecular weight excluding hydrogens is 514 g/mol. The number of benzene rings is 2. The Labute approximate surface area is 203 Å². The molecule has 0 aliphatic rings. The first-order valence-electron chi connectivity index (χ1n) is 10.0. The summed E-state index contributed by atoms with van der Waals surface area (Å²) in [5.74, 6) is -0.648. The predicted octanol–water partition coefficient (Wildman–Crippen LogP) is 3.83. The van der Waals surface area contributed by atoms with E-state index in [4.69, 9.17) is 9.47 Å². The second-order valence-electron chi connectivity index (χ2n) is 7.06. The molecule has 2 aromatic carbocycles. The Balaban J connectivity index is 0.000000191. The molecule has 0 saturated carbocycles. The largest absolute Gasteiger partial charge is 0.494 e. The second kappa shape index (κ2) is 11.2. The lowest BCUT2D eigenvalue weighted by Crippen LogP contribution is -2.04. The van der Waals surface area contributed by atoms with E-state index in [2.05, 4.69) is 36.6 Å². The summed E-state index contributed by atoms with van der Waals surface area (Å²) in [7, 11) is 2.81. The number of methoxy groups -OCH3 is 2. The van der Waals surface area contributed by atoms with Crippen LogP contribution in [0.5, 0.6) is 11.5 Å². The SMILES string of the molecule is COc1ccc(-n2cc(C)nn2)c(CBr)c1F.COc1ccc(-n2cc(C)nn2)c(CO)c1F. The molecule has 2 heterocycles. The van der Waals surface area contributed by atoms with Crippen LogP contribution in [0, 0.1) is 25.5 Å². The van der Waals surface area contributed by atoms with Crippen molar-refractivity contribution >= 4 is 15.9 Å². The molecule has 0 fully saturated rings. The van der Waals surface area contributed by atoms with Crippen molar-refractivity contribution in [2.24, 2.45) is 0 Å². The Morgan fingerprint density at radius 2 is 1.26 bits per heavy atom. The molecule has 0 bridgehead atoms. The van der Waals surface area contributed by atoms with Crippen LogP contribution in [0.15, 0.2) is 36.7 Å². The molecular formula is C22H23BrF2N6O3. The average molecular weight is 537 g/mol. The van der Waals surface area contributed by atoms with Crippen LogP contribution in [-0.2, 0) is 11.9 Å². The molecule has 0 spiro atoms. The van der Waals surface area contributed by atoms with Gasteiger partial charge in [0, 0.05) is 16.5 Å². The summed E-state index contributed by atoms with van der Waals surface area (Å²) in [4.78, 5) is 0. The van der Waals surface area contributed by atoms with Gasteiger partial charge in [-0.15, -0.1) is 10.2 Å². The fraction of sp³-hybridized carbons (Fsp3) is 0.273. The molecule has 0 aliphatic heterocycles. The first kappa shape index (κ1) is 25.2. The van der Waals surface area contributed by atoms with E-state index in [0.29, 0.717) is 28.0 Å². The van der Waals surface area contributed by atoms with Gasteiger partial charge in [-0.1, -0.05) is 26.4 Å². The van der Waals surface area contributed by atoms with Crippen molar-refractivity contribution in [3.05, 3.63) is 70.8 Å². The number of halogens is 3. The van der Waals surface area contributed by atoms with Crippen LogP contribution in [0.3, 0.4) is 0 Å². The topological polar surface area (TPSA) is 100 Å². The van der Waals surface area contributed by atoms with Crippen molar-refractivity contribution in [2.45, 2.75) is 25.8 Å². The number of aromatic nitrogens is 6. The monoisotopic (exact) mass is 536 g/mol. The van der Waals surface area contributed by atoms with Crippen molar-refractivity contribution in [3.8, 4) is 22.9 Å². The predicted molar refractivity (Wildman–Crippen MR) is 124 cm³/mol. The summed E-state index contributed by atoms with van der Waals surface area (Å²) in [6.45, 7) is 3.18. The zero-order chi connectivity index (χ0) is 24.8. The Morgan fingerprint density at radius 3 is 1.62 bits per heavy atom. The lowest BCUT2D eigenvalue weighted by Gasteiger charge is -2.10. The van der Waals surface area contributed by atoms with E-state index < -0.39 is 12.4 Å². The number of hydrogen-bond acceptors (Lipinski definition) is 7. The molecule has 0 saturated heterocycles. The number of alkyl halides is 1. The maximum absolute atomic E-state index is 14.0. The third-order valence-corrected chi connectivity index (χ3v) is 5.37. The van der Waals surface area contributed by atoms with E-state index in [1.165, 1.54) is 25.0 Å². The van der Waals surface area contributed by atoms with Gasteiger partial charge in [-0.2, -0.15) is 0 Å². The zero-order valence-corrected chi connectivity index (χ0v) is 20.5. The summed E-state index contributed by atoms with van der Waals surface area (Å²) in [5.41, 5.74) is 3.22. The maximum Gasteiger partial charge on any atom is 0.172 e. The number of rotatable bonds is 6. The van der Waals surface area contributed by atoms with Crippen molar-refractivity contribution in [1.29, 1.82) is 0 Å². The fourth-order valence-corrected chi connectivity index (χ4v) is 3.66. The van der Waals surface area contributed by atoms with Crippen LogP contribution >= 0.6 is 15.9 Å². The molecule has 34 heavy (non-hydrogen) atoms. The standard InChI is InChI=1S/C11H11BrFN3O.C11H12FN3O2/c1-7-6-16(15-14-7)9-3-4-10(17-2)11(13)8(9)5-12;1-7-5-15(14-13-7)9-3-4-10(17-2)11(12)8(9)6-16/h3-4,6H,5H2,1-2H3;3-5,16H,6H2,1-2H3. The summed E-state index contributed by atoms with van der Waals surface area (Å²) in [6, 6.07) is 6.45. The molecule has 12 heteroatoms. The molecule has 180 valence electrons. The van der Waals surface area contributed by atoms with Crippen molar-refractivity contribution < 1.29 is 23.4 Å². The van der Waals surface area contributed by atoms with Gasteiger partial charge in [-0.05, 0) is 38.1 Å². The summed E-state index contributed by atoms with van der Waals surface area (Å²) >= 11 is 3.27. The van der Waals surface area contributed by atoms with Gasteiger partial charge in [0.1, 0.15) is 0 Å². The second-order valence-corrected chi connectivity index (χ2v) is 7.62. The zero-order valence-electron chi connectivity index (χ0n) is 19.0. The maximum atomic E-state index is 14.0. The van der Waals surface area contributed by atoms with Gasteiger partial charge in [-0.25, -0.2) is 18.1 Å². The molecule has 4 aromatic rings. The minimum Gasteiger partial charge on any atom is -0.494 e. The lowest BCUT2D eigenvalue weighted by atomic mass is 10.1. The van der Waals surface area contributed by atoms with Crippen molar-refractivity contribution in [2.75, 3.05) is 14.2 Å². The molecule has 0 radical (unpaired) electrons. The minimum absolute atomic E-state index is 0.0923. The first-order valence-corrected chi connectivity index (χ1v) is 11.1. The quantitative estimate of drug-likeness (QED) is 0.373. The molecule has 0 atom stereocenters. The van der Waals surface area contributed by atoms with E-state index in [0.717, 1.165) is 5.69 Å². The fourth-order valence-electron chi connectivity index (χ4n) is 3.13. The molecule has 9 nitrogen and oxygen atoms in total. The Kier molecular flexibility index (Phi) is 8.29. The van der Waals surface area contributed by atoms with Gasteiger partial charge in [-0.3, -0.25) is 0 Å². The Morgan fingerprint density at radius 1 is 0.824 bits per heavy atom. The molecule has 0 aliphatic carbocycles. The van der Waals surface area contributed by atoms with E-state index in [1.54, 1.807) is 42.2 Å². The number of aryl methyl sites for hydroxylation is 2. The van der Waals surface area contributed by atoms with Crippen LogP contribution in [0.25, 0.3) is 11.4 Å². The number of aliphatic hydroxyl groups is 1. The van der Waals surface area contributed by atoms with Gasteiger partial charge in [0.15, 0.2) is 23.1 Å². The van der Waals surface area contributed by atoms with Gasteiger partial charge in [0.25, 0.3) is 0 Å². The average Bonchev–Trinajstić information content (AvgIpc) is 3.47. The summed E-state index contributed by atoms with van der Waals surface area (Å²) < 4.78 is 40.7. The summed E-state index contributed by atoms with van der Waals surface area (Å²) in [5, 5.41) is 25.1. The van der Waals surface area contributed by atoms with Crippen LogP contribution in [-0.4, -0.2) is 49.3 Å². The lowest BCUT2D eigenvalue weighted by molar-refractivity contribution is 0.272. The molecule has 0 amide bonds. The number of ether oxygens (including phenoxy) is 2. The van der Waals surface area contributed by atoms with Crippen LogP contribution in [0.2, 0.25) is 0 Å². The van der Waals surface area contributed by atoms with E-state index in [9.17, 15) is 13.9 Å². The van der Waals surface area contributed by atoms with Crippen molar-refractivity contribution in [3.63, 3.8) is 0 Å². The highest BCUT2D eigenvalue weighted by molar-refractivity contribution is 9.08. The first-order chi connectivity index (χ1) is 16.3. The van der Waals surface area contributed by atoms with E-state index >= 15 is 0 Å². The Hall–Kier alpha value is -3.38. The highest BCUT2D eigenvalue weighted by Crippen LogP contribution is 2.28. The third-order valence-electron chi connectivity index (χ3n) is 4.81. The number of aliphatic hydroxyl groups excluding tert-OH is 1. The van der Waals surface area contributed by atoms with Gasteiger partial charge in [0.2, 0.25) is 0 Å². The van der Waals surface area contributed by atoms with Crippen LogP contribution in [0.4, 0.5) is 8.78 Å². The molecule has 0 unspecified atom stereocenters. The van der Waals surface area contributed by atoms with Gasteiger partial charge >= 0.3 is 0 Å². The van der Waals surface area contributed by atoms with Crippen LogP contribution in [0.1, 0.15) is 22.5 Å². The smallest absolute Gasteiger partial charge is 0.172 e. The van der Waals surface area contributed by atoms with E-state index in [-0.39, 0.29) is 22.9 Å². The number of hydrogen-bond donors (Lipinski definition) is 1. The van der Waals surface area contributed by atoms with E-state index in [1.807, 2.05) is 6.92 Å². The van der Waals surface area contributed by atoms with Crippen molar-refractivity contribution in [1.82, 2.24) is 30.0 Å². The van der Waals surface area contributed by atoms with Crippen LogP contribution < -0.4 is 9.47 Å². The highest BCUT2D eigenvalue weighted by atomic mass is 79.9. The Bertz CT molecular complexity index is 1180. The number of nitrogens with zero attached hydrogens (tertiary/aromatic N) is 6. The third kappa shape index (κ3) is 5.23. The minimum atomic E-state index is -0.583. The normalized spacial score (nSPS) is 10.6. The highest BCUT2D eigenvalue weighted by Gasteiger charge is 2.16. The molecule has 4 rings (SSSR count). The van der Waals surface area contributed by atoms with Gasteiger partial charge in [0.05, 0.1) is 56.0 Å². The molecule has 2 aromatic heterocycles.